The fourth-order valence-corrected chi connectivity index (χ4v) is 2.94. The maximum Gasteiger partial charge on any atom is 0.416 e. The second-order valence-corrected chi connectivity index (χ2v) is 6.53. The van der Waals surface area contributed by atoms with E-state index in [-0.39, 0.29) is 18.0 Å². The molecule has 2 aromatic rings. The molecule has 9 heteroatoms. The molecule has 0 fully saturated rings. The zero-order chi connectivity index (χ0) is 19.3. The Morgan fingerprint density at radius 3 is 2.42 bits per heavy atom. The van der Waals surface area contributed by atoms with Crippen LogP contribution in [0.1, 0.15) is 27.0 Å². The van der Waals surface area contributed by atoms with Crippen molar-refractivity contribution in [2.24, 2.45) is 0 Å². The predicted molar refractivity (Wildman–Crippen MR) is 91.1 cm³/mol. The Morgan fingerprint density at radius 1 is 1.08 bits per heavy atom. The Morgan fingerprint density at radius 2 is 1.81 bits per heavy atom. The highest BCUT2D eigenvalue weighted by Gasteiger charge is 2.30. The molecule has 0 spiro atoms. The van der Waals surface area contributed by atoms with Gasteiger partial charge >= 0.3 is 18.0 Å². The van der Waals surface area contributed by atoms with Gasteiger partial charge in [0.2, 0.25) is 0 Å². The Hall–Kier alpha value is -2.68. The number of rotatable bonds is 5. The van der Waals surface area contributed by atoms with Gasteiger partial charge in [-0.2, -0.15) is 13.2 Å². The van der Waals surface area contributed by atoms with Gasteiger partial charge in [0.1, 0.15) is 0 Å². The Balaban J connectivity index is 1.85. The van der Waals surface area contributed by atoms with Gasteiger partial charge in [-0.25, -0.2) is 0 Å². The molecule has 0 unspecified atom stereocenters. The largest absolute Gasteiger partial charge is 0.416 e. The van der Waals surface area contributed by atoms with Gasteiger partial charge in [-0.1, -0.05) is 6.07 Å². The molecule has 1 heterocycles. The van der Waals surface area contributed by atoms with Crippen LogP contribution >= 0.6 is 11.3 Å². The molecule has 1 aromatic heterocycles. The molecule has 0 radical (unpaired) electrons. The number of anilines is 1. The topological polar surface area (TPSA) is 75.3 Å². The van der Waals surface area contributed by atoms with E-state index in [4.69, 9.17) is 0 Å². The number of halogens is 3. The molecule has 0 saturated carbocycles. The summed E-state index contributed by atoms with van der Waals surface area (Å²) in [6, 6.07) is 7.46. The minimum absolute atomic E-state index is 0.0502. The number of amides is 2. The molecular weight excluding hydrogens is 369 g/mol. The summed E-state index contributed by atoms with van der Waals surface area (Å²) >= 11 is 1.30. The first-order valence-corrected chi connectivity index (χ1v) is 8.34. The molecule has 0 aliphatic carbocycles. The SMILES string of the molecule is CC(=O)c1ccc(CCNC(=O)C(=O)Nc2cccc(C(F)(F)F)c2)s1. The molecule has 2 amide bonds. The summed E-state index contributed by atoms with van der Waals surface area (Å²) in [5.41, 5.74) is -1.04. The molecule has 0 aliphatic heterocycles. The lowest BCUT2D eigenvalue weighted by molar-refractivity contribution is -0.137. The standard InChI is InChI=1S/C17H15F3N2O3S/c1-10(23)14-6-5-13(26-14)7-8-21-15(24)16(25)22-12-4-2-3-11(9-12)17(18,19)20/h2-6,9H,7-8H2,1H3,(H,21,24)(H,22,25). The fraction of sp³-hybridized carbons (Fsp3) is 0.235. The van der Waals surface area contributed by atoms with Crippen LogP contribution in [0.15, 0.2) is 36.4 Å². The second kappa shape index (κ2) is 8.13. The minimum atomic E-state index is -4.54. The van der Waals surface area contributed by atoms with E-state index in [1.807, 2.05) is 0 Å². The number of hydrogen-bond donors (Lipinski definition) is 2. The molecule has 1 aromatic carbocycles. The van der Waals surface area contributed by atoms with E-state index in [0.717, 1.165) is 23.1 Å². The minimum Gasteiger partial charge on any atom is -0.347 e. The zero-order valence-corrected chi connectivity index (χ0v) is 14.5. The summed E-state index contributed by atoms with van der Waals surface area (Å²) in [7, 11) is 0. The monoisotopic (exact) mass is 384 g/mol. The third-order valence-corrected chi connectivity index (χ3v) is 4.57. The van der Waals surface area contributed by atoms with Crippen molar-refractivity contribution in [1.82, 2.24) is 5.32 Å². The van der Waals surface area contributed by atoms with Crippen molar-refractivity contribution in [2.45, 2.75) is 19.5 Å². The molecule has 5 nitrogen and oxygen atoms in total. The Kier molecular flexibility index (Phi) is 6.14. The molecular formula is C17H15F3N2O3S. The van der Waals surface area contributed by atoms with Gasteiger partial charge in [0.05, 0.1) is 10.4 Å². The average molecular weight is 384 g/mol. The lowest BCUT2D eigenvalue weighted by Crippen LogP contribution is -2.36. The van der Waals surface area contributed by atoms with E-state index in [9.17, 15) is 27.6 Å². The number of carbonyl (C=O) groups excluding carboxylic acids is 3. The van der Waals surface area contributed by atoms with Crippen LogP contribution in [0.3, 0.4) is 0 Å². The van der Waals surface area contributed by atoms with Gasteiger partial charge in [-0.15, -0.1) is 11.3 Å². The number of hydrogen-bond acceptors (Lipinski definition) is 4. The van der Waals surface area contributed by atoms with Gasteiger partial charge in [0.15, 0.2) is 5.78 Å². The molecule has 2 N–H and O–H groups in total. The number of Topliss-reactive ketones (excluding diaryl/α,β-unsaturated/α-hetero) is 1. The molecule has 0 aliphatic rings. The van der Waals surface area contributed by atoms with Crippen molar-refractivity contribution >= 4 is 34.6 Å². The summed E-state index contributed by atoms with van der Waals surface area (Å²) in [5, 5.41) is 4.51. The fourth-order valence-electron chi connectivity index (χ4n) is 2.04. The van der Waals surface area contributed by atoms with E-state index in [1.54, 1.807) is 12.1 Å². The van der Waals surface area contributed by atoms with Crippen LogP contribution < -0.4 is 10.6 Å². The molecule has 0 saturated heterocycles. The van der Waals surface area contributed by atoms with Crippen molar-refractivity contribution in [3.05, 3.63) is 51.7 Å². The van der Waals surface area contributed by atoms with Crippen molar-refractivity contribution in [1.29, 1.82) is 0 Å². The van der Waals surface area contributed by atoms with Crippen LogP contribution in [-0.2, 0) is 22.2 Å². The van der Waals surface area contributed by atoms with E-state index in [1.165, 1.54) is 24.3 Å². The van der Waals surface area contributed by atoms with Crippen LogP contribution in [0.2, 0.25) is 0 Å². The normalized spacial score (nSPS) is 11.1. The summed E-state index contributed by atoms with van der Waals surface area (Å²) in [4.78, 5) is 36.2. The third-order valence-electron chi connectivity index (χ3n) is 3.32. The molecule has 0 atom stereocenters. The predicted octanol–water partition coefficient (Wildman–Crippen LogP) is 3.27. The number of ketones is 1. The first-order chi connectivity index (χ1) is 12.2. The lowest BCUT2D eigenvalue weighted by Gasteiger charge is -2.10. The van der Waals surface area contributed by atoms with Gasteiger partial charge in [0.25, 0.3) is 0 Å². The number of alkyl halides is 3. The highest BCUT2D eigenvalue weighted by atomic mass is 32.1. The quantitative estimate of drug-likeness (QED) is 0.614. The van der Waals surface area contributed by atoms with Crippen LogP contribution in [0, 0.1) is 0 Å². The molecule has 0 bridgehead atoms. The van der Waals surface area contributed by atoms with Crippen molar-refractivity contribution in [3.8, 4) is 0 Å². The van der Waals surface area contributed by atoms with Crippen LogP contribution in [0.4, 0.5) is 18.9 Å². The number of thiophene rings is 1. The van der Waals surface area contributed by atoms with Crippen LogP contribution in [0.25, 0.3) is 0 Å². The van der Waals surface area contributed by atoms with Gasteiger partial charge in [-0.3, -0.25) is 14.4 Å². The molecule has 138 valence electrons. The summed E-state index contributed by atoms with van der Waals surface area (Å²) < 4.78 is 37.9. The van der Waals surface area contributed by atoms with E-state index >= 15 is 0 Å². The van der Waals surface area contributed by atoms with Gasteiger partial charge in [-0.05, 0) is 43.7 Å². The van der Waals surface area contributed by atoms with E-state index in [0.29, 0.717) is 11.3 Å². The summed E-state index contributed by atoms with van der Waals surface area (Å²) in [6.07, 6.45) is -4.11. The average Bonchev–Trinajstić information content (AvgIpc) is 3.03. The van der Waals surface area contributed by atoms with E-state index < -0.39 is 23.6 Å². The first kappa shape index (κ1) is 19.6. The van der Waals surface area contributed by atoms with Gasteiger partial charge in [0, 0.05) is 17.1 Å². The second-order valence-electron chi connectivity index (χ2n) is 5.36. The molecule has 26 heavy (non-hydrogen) atoms. The zero-order valence-electron chi connectivity index (χ0n) is 13.6. The third kappa shape index (κ3) is 5.41. The van der Waals surface area contributed by atoms with Crippen LogP contribution in [-0.4, -0.2) is 24.1 Å². The van der Waals surface area contributed by atoms with Crippen molar-refractivity contribution in [3.63, 3.8) is 0 Å². The maximum absolute atomic E-state index is 12.6. The maximum atomic E-state index is 12.6. The van der Waals surface area contributed by atoms with Crippen molar-refractivity contribution in [2.75, 3.05) is 11.9 Å². The number of nitrogens with one attached hydrogen (secondary N) is 2. The smallest absolute Gasteiger partial charge is 0.347 e. The highest BCUT2D eigenvalue weighted by molar-refractivity contribution is 7.14. The Labute approximate surface area is 151 Å². The summed E-state index contributed by atoms with van der Waals surface area (Å²) in [6.45, 7) is 1.61. The van der Waals surface area contributed by atoms with E-state index in [2.05, 4.69) is 10.6 Å². The number of benzene rings is 1. The summed E-state index contributed by atoms with van der Waals surface area (Å²) in [5.74, 6) is -2.06. The van der Waals surface area contributed by atoms with Crippen molar-refractivity contribution < 1.29 is 27.6 Å². The van der Waals surface area contributed by atoms with Gasteiger partial charge < -0.3 is 10.6 Å². The number of carbonyl (C=O) groups is 3. The first-order valence-electron chi connectivity index (χ1n) is 7.53. The highest BCUT2D eigenvalue weighted by Crippen LogP contribution is 2.30. The molecule has 2 rings (SSSR count). The Bertz CT molecular complexity index is 831. The van der Waals surface area contributed by atoms with Crippen LogP contribution in [0.5, 0.6) is 0 Å². The lowest BCUT2D eigenvalue weighted by atomic mass is 10.2.